The number of hydrogen-bond acceptors (Lipinski definition) is 5. The summed E-state index contributed by atoms with van der Waals surface area (Å²) >= 11 is 5.77. The zero-order valence-electron chi connectivity index (χ0n) is 16.1. The highest BCUT2D eigenvalue weighted by molar-refractivity contribution is 7.92. The van der Waals surface area contributed by atoms with Gasteiger partial charge in [0.05, 0.1) is 23.3 Å². The Hall–Kier alpha value is -3.43. The van der Waals surface area contributed by atoms with Gasteiger partial charge in [-0.3, -0.25) is 9.52 Å². The number of benzene rings is 3. The van der Waals surface area contributed by atoms with Gasteiger partial charge in [0.15, 0.2) is 0 Å². The van der Waals surface area contributed by atoms with Gasteiger partial charge in [-0.05, 0) is 66.7 Å². The molecule has 2 N–H and O–H groups in total. The van der Waals surface area contributed by atoms with Gasteiger partial charge in [-0.1, -0.05) is 11.6 Å². The molecule has 3 rings (SSSR count). The van der Waals surface area contributed by atoms with E-state index in [1.807, 2.05) is 0 Å². The van der Waals surface area contributed by atoms with E-state index < -0.39 is 27.7 Å². The molecule has 0 saturated heterocycles. The molecule has 1 amide bonds. The van der Waals surface area contributed by atoms with Crippen molar-refractivity contribution in [3.8, 4) is 0 Å². The summed E-state index contributed by atoms with van der Waals surface area (Å²) < 4.78 is 46.4. The highest BCUT2D eigenvalue weighted by Gasteiger charge is 2.18. The molecule has 10 heteroatoms. The maximum absolute atomic E-state index is 14.5. The van der Waals surface area contributed by atoms with Crippen molar-refractivity contribution in [3.05, 3.63) is 88.7 Å². The fourth-order valence-electron chi connectivity index (χ4n) is 2.57. The van der Waals surface area contributed by atoms with Crippen molar-refractivity contribution in [2.45, 2.75) is 4.90 Å². The van der Waals surface area contributed by atoms with Crippen molar-refractivity contribution in [1.29, 1.82) is 0 Å². The molecule has 0 fully saturated rings. The van der Waals surface area contributed by atoms with Crippen LogP contribution in [0.5, 0.6) is 0 Å². The monoisotopic (exact) mass is 462 g/mol. The first-order chi connectivity index (χ1) is 14.7. The average molecular weight is 463 g/mol. The summed E-state index contributed by atoms with van der Waals surface area (Å²) in [5.41, 5.74) is 0.504. The highest BCUT2D eigenvalue weighted by atomic mass is 35.5. The first-order valence-corrected chi connectivity index (χ1v) is 10.6. The lowest BCUT2D eigenvalue weighted by atomic mass is 10.2. The van der Waals surface area contributed by atoms with E-state index in [0.29, 0.717) is 5.02 Å². The van der Waals surface area contributed by atoms with E-state index in [-0.39, 0.29) is 27.4 Å². The molecule has 0 saturated carbocycles. The summed E-state index contributed by atoms with van der Waals surface area (Å²) in [7, 11) is -2.88. The predicted molar refractivity (Wildman–Crippen MR) is 114 cm³/mol. The minimum Gasteiger partial charge on any atom is -0.465 e. The first-order valence-electron chi connectivity index (χ1n) is 8.77. The van der Waals surface area contributed by atoms with Crippen molar-refractivity contribution in [2.24, 2.45) is 0 Å². The van der Waals surface area contributed by atoms with Crippen LogP contribution in [0, 0.1) is 5.82 Å². The second-order valence-electron chi connectivity index (χ2n) is 6.28. The van der Waals surface area contributed by atoms with Gasteiger partial charge in [0.1, 0.15) is 5.82 Å². The van der Waals surface area contributed by atoms with Crippen LogP contribution in [0.2, 0.25) is 5.02 Å². The van der Waals surface area contributed by atoms with Crippen LogP contribution in [-0.2, 0) is 14.8 Å². The van der Waals surface area contributed by atoms with E-state index >= 15 is 0 Å². The number of hydrogen-bond donors (Lipinski definition) is 2. The number of ether oxygens (including phenoxy) is 1. The van der Waals surface area contributed by atoms with Gasteiger partial charge in [0.2, 0.25) is 0 Å². The van der Waals surface area contributed by atoms with Crippen LogP contribution in [0.4, 0.5) is 15.8 Å². The third-order valence-corrected chi connectivity index (χ3v) is 5.79. The van der Waals surface area contributed by atoms with Crippen LogP contribution in [0.15, 0.2) is 71.6 Å². The molecule has 0 aliphatic heterocycles. The maximum atomic E-state index is 14.5. The summed E-state index contributed by atoms with van der Waals surface area (Å²) in [6.07, 6.45) is 0. The summed E-state index contributed by atoms with van der Waals surface area (Å²) in [4.78, 5) is 23.3. The van der Waals surface area contributed by atoms with Crippen molar-refractivity contribution < 1.29 is 27.1 Å². The molecule has 160 valence electrons. The lowest BCUT2D eigenvalue weighted by molar-refractivity contribution is 0.0600. The van der Waals surface area contributed by atoms with Crippen LogP contribution < -0.4 is 10.0 Å². The third kappa shape index (κ3) is 5.39. The number of halogens is 2. The van der Waals surface area contributed by atoms with Crippen LogP contribution in [0.25, 0.3) is 0 Å². The molecule has 0 aromatic heterocycles. The second kappa shape index (κ2) is 9.15. The smallest absolute Gasteiger partial charge is 0.337 e. The number of carbonyl (C=O) groups is 2. The molecule has 0 radical (unpaired) electrons. The summed E-state index contributed by atoms with van der Waals surface area (Å²) in [6, 6.07) is 14.6. The number of sulfonamides is 1. The maximum Gasteiger partial charge on any atom is 0.337 e. The fourth-order valence-corrected chi connectivity index (χ4v) is 3.76. The molecule has 3 aromatic rings. The standard InChI is InChI=1S/C21H16ClFN2O5S/c1-30-21(27)14-4-8-16(9-5-14)25-31(28,29)17-10-11-19(18(23)12-17)24-20(26)13-2-6-15(22)7-3-13/h2-12,25H,1H3,(H,24,26). The molecule has 0 bridgehead atoms. The molecule has 0 spiro atoms. The molecule has 7 nitrogen and oxygen atoms in total. The number of rotatable bonds is 6. The number of esters is 1. The Kier molecular flexibility index (Phi) is 6.57. The molecule has 0 atom stereocenters. The largest absolute Gasteiger partial charge is 0.465 e. The molecule has 3 aromatic carbocycles. The number of methoxy groups -OCH3 is 1. The number of carbonyl (C=O) groups excluding carboxylic acids is 2. The normalized spacial score (nSPS) is 10.9. The van der Waals surface area contributed by atoms with Crippen molar-refractivity contribution in [2.75, 3.05) is 17.1 Å². The Morgan fingerprint density at radius 1 is 0.935 bits per heavy atom. The minimum atomic E-state index is -4.11. The van der Waals surface area contributed by atoms with Crippen molar-refractivity contribution >= 4 is 44.9 Å². The highest BCUT2D eigenvalue weighted by Crippen LogP contribution is 2.22. The van der Waals surface area contributed by atoms with E-state index in [4.69, 9.17) is 11.6 Å². The van der Waals surface area contributed by atoms with Crippen LogP contribution in [0.1, 0.15) is 20.7 Å². The van der Waals surface area contributed by atoms with Crippen LogP contribution in [0.3, 0.4) is 0 Å². The first kappa shape index (κ1) is 22.3. The quantitative estimate of drug-likeness (QED) is 0.531. The molecular weight excluding hydrogens is 447 g/mol. The van der Waals surface area contributed by atoms with Gasteiger partial charge in [0, 0.05) is 16.3 Å². The third-order valence-electron chi connectivity index (χ3n) is 4.16. The van der Waals surface area contributed by atoms with Gasteiger partial charge in [0.25, 0.3) is 15.9 Å². The topological polar surface area (TPSA) is 102 Å². The predicted octanol–water partition coefficient (Wildman–Crippen LogP) is 4.32. The van der Waals surface area contributed by atoms with Crippen LogP contribution in [-0.4, -0.2) is 27.4 Å². The Labute approximate surface area is 182 Å². The summed E-state index contributed by atoms with van der Waals surface area (Å²) in [5.74, 6) is -2.06. The lowest BCUT2D eigenvalue weighted by Gasteiger charge is -2.11. The second-order valence-corrected chi connectivity index (χ2v) is 8.40. The Bertz CT molecular complexity index is 1230. The zero-order valence-corrected chi connectivity index (χ0v) is 17.6. The van der Waals surface area contributed by atoms with Crippen LogP contribution >= 0.6 is 11.6 Å². The molecule has 0 aliphatic rings. The van der Waals surface area contributed by atoms with E-state index in [1.54, 1.807) is 0 Å². The van der Waals surface area contributed by atoms with Gasteiger partial charge in [-0.2, -0.15) is 0 Å². The Balaban J connectivity index is 1.75. The van der Waals surface area contributed by atoms with E-state index in [0.717, 1.165) is 18.2 Å². The zero-order chi connectivity index (χ0) is 22.6. The average Bonchev–Trinajstić information content (AvgIpc) is 2.75. The van der Waals surface area contributed by atoms with Gasteiger partial charge in [-0.15, -0.1) is 0 Å². The summed E-state index contributed by atoms with van der Waals surface area (Å²) in [5, 5.41) is 2.83. The molecule has 31 heavy (non-hydrogen) atoms. The van der Waals surface area contributed by atoms with E-state index in [2.05, 4.69) is 14.8 Å². The van der Waals surface area contributed by atoms with E-state index in [1.165, 1.54) is 55.6 Å². The molecule has 0 heterocycles. The fraction of sp³-hybridized carbons (Fsp3) is 0.0476. The van der Waals surface area contributed by atoms with E-state index in [9.17, 15) is 22.4 Å². The SMILES string of the molecule is COC(=O)c1ccc(NS(=O)(=O)c2ccc(NC(=O)c3ccc(Cl)cc3)c(F)c2)cc1. The molecule has 0 unspecified atom stereocenters. The number of amides is 1. The van der Waals surface area contributed by atoms with Gasteiger partial charge >= 0.3 is 5.97 Å². The van der Waals surface area contributed by atoms with Gasteiger partial charge < -0.3 is 10.1 Å². The molecule has 0 aliphatic carbocycles. The Morgan fingerprint density at radius 2 is 1.55 bits per heavy atom. The van der Waals surface area contributed by atoms with Crippen molar-refractivity contribution in [1.82, 2.24) is 0 Å². The summed E-state index contributed by atoms with van der Waals surface area (Å²) in [6.45, 7) is 0. The Morgan fingerprint density at radius 3 is 2.13 bits per heavy atom. The van der Waals surface area contributed by atoms with Crippen molar-refractivity contribution in [3.63, 3.8) is 0 Å². The molecular formula is C21H16ClFN2O5S. The minimum absolute atomic E-state index is 0.174. The van der Waals surface area contributed by atoms with Gasteiger partial charge in [-0.25, -0.2) is 17.6 Å². The number of nitrogens with one attached hydrogen (secondary N) is 2. The number of anilines is 2. The lowest BCUT2D eigenvalue weighted by Crippen LogP contribution is -2.15.